The lowest BCUT2D eigenvalue weighted by Crippen LogP contribution is -2.17. The summed E-state index contributed by atoms with van der Waals surface area (Å²) in [4.78, 5) is 23.8. The molecule has 7 heteroatoms. The summed E-state index contributed by atoms with van der Waals surface area (Å²) in [5, 5.41) is -1.05. The topological polar surface area (TPSA) is 49.9 Å². The van der Waals surface area contributed by atoms with Gasteiger partial charge in [0.15, 0.2) is 0 Å². The Labute approximate surface area is 95.6 Å². The highest BCUT2D eigenvalue weighted by atomic mass is 127. The molecule has 1 aromatic rings. The van der Waals surface area contributed by atoms with Crippen LogP contribution >= 0.6 is 34.2 Å². The third-order valence-corrected chi connectivity index (χ3v) is 2.56. The number of rotatable bonds is 2. The van der Waals surface area contributed by atoms with Gasteiger partial charge in [0.2, 0.25) is 0 Å². The highest BCUT2D eigenvalue weighted by Crippen LogP contribution is 2.22. The van der Waals surface area contributed by atoms with E-state index in [1.165, 1.54) is 0 Å². The fourth-order valence-corrected chi connectivity index (χ4v) is 1.60. The van der Waals surface area contributed by atoms with Crippen LogP contribution in [0.1, 0.15) is 22.3 Å². The van der Waals surface area contributed by atoms with Crippen LogP contribution in [0.4, 0.5) is 8.78 Å². The second-order valence-corrected chi connectivity index (χ2v) is 3.78. The normalized spacial score (nSPS) is 10.6. The predicted octanol–water partition coefficient (Wildman–Crippen LogP) is 2.30. The first kappa shape index (κ1) is 11.6. The van der Waals surface area contributed by atoms with Crippen molar-refractivity contribution < 1.29 is 13.6 Å². The molecule has 0 bridgehead atoms. The standard InChI is InChI=1S/C7H3ClF2INO2/c8-4(13)2-1-3(5(9)10)6(11)12-7(2)14/h1,5H,(H,12,14). The van der Waals surface area contributed by atoms with Crippen LogP contribution in [0, 0.1) is 3.70 Å². The minimum atomic E-state index is -2.76. The molecule has 1 N–H and O–H groups in total. The fourth-order valence-electron chi connectivity index (χ4n) is 0.828. The number of nitrogens with one attached hydrogen (secondary N) is 1. The van der Waals surface area contributed by atoms with E-state index in [9.17, 15) is 18.4 Å². The molecule has 0 radical (unpaired) electrons. The summed E-state index contributed by atoms with van der Waals surface area (Å²) in [7, 11) is 0. The van der Waals surface area contributed by atoms with Gasteiger partial charge in [-0.25, -0.2) is 8.78 Å². The first-order valence-electron chi connectivity index (χ1n) is 3.34. The second-order valence-electron chi connectivity index (χ2n) is 2.36. The fraction of sp³-hybridized carbons (Fsp3) is 0.143. The van der Waals surface area contributed by atoms with Gasteiger partial charge in [-0.15, -0.1) is 0 Å². The van der Waals surface area contributed by atoms with Crippen molar-refractivity contribution in [2.75, 3.05) is 0 Å². The Hall–Kier alpha value is -0.500. The van der Waals surface area contributed by atoms with Crippen molar-refractivity contribution in [2.45, 2.75) is 6.43 Å². The number of pyridine rings is 1. The number of carbonyl (C=O) groups is 1. The van der Waals surface area contributed by atoms with Gasteiger partial charge in [0.25, 0.3) is 17.2 Å². The van der Waals surface area contributed by atoms with Crippen LogP contribution in [0.5, 0.6) is 0 Å². The van der Waals surface area contributed by atoms with Crippen LogP contribution in [-0.2, 0) is 0 Å². The number of aromatic nitrogens is 1. The summed E-state index contributed by atoms with van der Waals surface area (Å²) in [6, 6.07) is 0.806. The summed E-state index contributed by atoms with van der Waals surface area (Å²) in [5.41, 5.74) is -1.64. The van der Waals surface area contributed by atoms with E-state index < -0.39 is 28.4 Å². The first-order chi connectivity index (χ1) is 6.43. The van der Waals surface area contributed by atoms with Crippen LogP contribution in [0.25, 0.3) is 0 Å². The lowest BCUT2D eigenvalue weighted by Gasteiger charge is -2.03. The van der Waals surface area contributed by atoms with Crippen molar-refractivity contribution in [3.8, 4) is 0 Å². The molecule has 0 spiro atoms. The van der Waals surface area contributed by atoms with Gasteiger partial charge in [-0.1, -0.05) is 0 Å². The van der Waals surface area contributed by atoms with E-state index in [1.807, 2.05) is 0 Å². The van der Waals surface area contributed by atoms with Gasteiger partial charge >= 0.3 is 0 Å². The Balaban J connectivity index is 3.42. The van der Waals surface area contributed by atoms with E-state index in [2.05, 4.69) is 4.98 Å². The van der Waals surface area contributed by atoms with Gasteiger partial charge in [0.1, 0.15) is 0 Å². The molecular weight excluding hydrogens is 330 g/mol. The molecule has 0 aromatic carbocycles. The highest BCUT2D eigenvalue weighted by Gasteiger charge is 2.17. The number of alkyl halides is 2. The van der Waals surface area contributed by atoms with Crippen LogP contribution < -0.4 is 5.56 Å². The Morgan fingerprint density at radius 3 is 2.57 bits per heavy atom. The Morgan fingerprint density at radius 1 is 1.57 bits per heavy atom. The largest absolute Gasteiger partial charge is 0.316 e. The zero-order chi connectivity index (χ0) is 10.9. The quantitative estimate of drug-likeness (QED) is 0.513. The van der Waals surface area contributed by atoms with E-state index in [4.69, 9.17) is 11.6 Å². The monoisotopic (exact) mass is 333 g/mol. The number of hydrogen-bond acceptors (Lipinski definition) is 2. The van der Waals surface area contributed by atoms with Gasteiger partial charge in [0, 0.05) is 5.56 Å². The smallest absolute Gasteiger partial charge is 0.266 e. The molecule has 76 valence electrons. The van der Waals surface area contributed by atoms with Gasteiger partial charge in [-0.05, 0) is 40.3 Å². The van der Waals surface area contributed by atoms with Crippen molar-refractivity contribution in [1.82, 2.24) is 4.98 Å². The molecule has 0 fully saturated rings. The van der Waals surface area contributed by atoms with Gasteiger partial charge in [0.05, 0.1) is 9.26 Å². The molecule has 0 aliphatic carbocycles. The first-order valence-corrected chi connectivity index (χ1v) is 4.80. The van der Waals surface area contributed by atoms with E-state index in [1.54, 1.807) is 22.6 Å². The van der Waals surface area contributed by atoms with Gasteiger partial charge in [-0.2, -0.15) is 0 Å². The average molecular weight is 333 g/mol. The molecule has 14 heavy (non-hydrogen) atoms. The molecule has 0 atom stereocenters. The lowest BCUT2D eigenvalue weighted by molar-refractivity contribution is 0.107. The molecular formula is C7H3ClF2INO2. The molecule has 0 amide bonds. The maximum atomic E-state index is 12.3. The molecule has 0 aliphatic rings. The molecule has 0 unspecified atom stereocenters. The van der Waals surface area contributed by atoms with E-state index >= 15 is 0 Å². The van der Waals surface area contributed by atoms with Crippen molar-refractivity contribution in [1.29, 1.82) is 0 Å². The third kappa shape index (κ3) is 2.30. The van der Waals surface area contributed by atoms with Crippen LogP contribution in [0.3, 0.4) is 0 Å². The molecule has 0 saturated heterocycles. The Morgan fingerprint density at radius 2 is 2.14 bits per heavy atom. The number of carbonyl (C=O) groups excluding carboxylic acids is 1. The van der Waals surface area contributed by atoms with Crippen molar-refractivity contribution >= 4 is 39.4 Å². The van der Waals surface area contributed by atoms with E-state index in [-0.39, 0.29) is 3.70 Å². The average Bonchev–Trinajstić information content (AvgIpc) is 2.02. The van der Waals surface area contributed by atoms with Crippen LogP contribution in [0.2, 0.25) is 0 Å². The minimum absolute atomic E-state index is 0.00395. The SMILES string of the molecule is O=C(Cl)c1cc(C(F)F)c(I)[nH]c1=O. The summed E-state index contributed by atoms with van der Waals surface area (Å²) in [6.07, 6.45) is -2.76. The summed E-state index contributed by atoms with van der Waals surface area (Å²) in [6.45, 7) is 0. The Kier molecular flexibility index (Phi) is 3.59. The summed E-state index contributed by atoms with van der Waals surface area (Å²) < 4.78 is 24.6. The van der Waals surface area contributed by atoms with Gasteiger partial charge < -0.3 is 4.98 Å². The maximum Gasteiger partial charge on any atom is 0.266 e. The molecule has 1 heterocycles. The number of H-pyrrole nitrogens is 1. The zero-order valence-electron chi connectivity index (χ0n) is 6.48. The molecule has 0 aliphatic heterocycles. The number of halogens is 4. The summed E-state index contributed by atoms with van der Waals surface area (Å²) in [5.74, 6) is 0. The number of aromatic amines is 1. The van der Waals surface area contributed by atoms with Gasteiger partial charge in [-0.3, -0.25) is 9.59 Å². The molecule has 0 saturated carbocycles. The summed E-state index contributed by atoms with van der Waals surface area (Å²) >= 11 is 6.58. The van der Waals surface area contributed by atoms with E-state index in [0.717, 1.165) is 6.07 Å². The Bertz CT molecular complexity index is 432. The maximum absolute atomic E-state index is 12.3. The zero-order valence-corrected chi connectivity index (χ0v) is 9.40. The lowest BCUT2D eigenvalue weighted by atomic mass is 10.2. The van der Waals surface area contributed by atoms with Crippen molar-refractivity contribution in [3.05, 3.63) is 31.2 Å². The molecule has 1 rings (SSSR count). The van der Waals surface area contributed by atoms with E-state index in [0.29, 0.717) is 0 Å². The van der Waals surface area contributed by atoms with Crippen molar-refractivity contribution in [2.24, 2.45) is 0 Å². The van der Waals surface area contributed by atoms with Crippen LogP contribution in [-0.4, -0.2) is 10.2 Å². The highest BCUT2D eigenvalue weighted by molar-refractivity contribution is 14.1. The molecule has 3 nitrogen and oxygen atoms in total. The molecule has 1 aromatic heterocycles. The predicted molar refractivity (Wildman–Crippen MR) is 54.9 cm³/mol. The van der Waals surface area contributed by atoms with Crippen molar-refractivity contribution in [3.63, 3.8) is 0 Å². The second kappa shape index (κ2) is 4.35. The third-order valence-electron chi connectivity index (χ3n) is 1.47. The minimum Gasteiger partial charge on any atom is -0.316 e. The number of hydrogen-bond donors (Lipinski definition) is 1. The van der Waals surface area contributed by atoms with Crippen LogP contribution in [0.15, 0.2) is 10.9 Å².